The third-order valence-corrected chi connectivity index (χ3v) is 4.15. The van der Waals surface area contributed by atoms with Crippen LogP contribution in [0.1, 0.15) is 43.7 Å². The maximum atomic E-state index is 6.48. The zero-order valence-corrected chi connectivity index (χ0v) is 10.2. The fourth-order valence-electron chi connectivity index (χ4n) is 3.15. The van der Waals surface area contributed by atoms with Crippen LogP contribution < -0.4 is 5.73 Å². The van der Waals surface area contributed by atoms with Gasteiger partial charge in [0.1, 0.15) is 0 Å². The largest absolute Gasteiger partial charge is 0.361 e. The van der Waals surface area contributed by atoms with Crippen LogP contribution >= 0.6 is 0 Å². The molecule has 17 heavy (non-hydrogen) atoms. The molecule has 0 unspecified atom stereocenters. The zero-order valence-electron chi connectivity index (χ0n) is 10.2. The standard InChI is InChI=1S/C15H20N2/c16-15(11-5-2-1-3-6-11)13-7-4-8-14-12(13)9-10-17-14/h4,7-11,15,17H,1-3,5-6,16H2/t15-/m1/s1. The molecule has 2 heteroatoms. The van der Waals surface area contributed by atoms with Crippen LogP contribution in [-0.4, -0.2) is 4.98 Å². The van der Waals surface area contributed by atoms with E-state index in [1.807, 2.05) is 6.20 Å². The fraction of sp³-hybridized carbons (Fsp3) is 0.467. The van der Waals surface area contributed by atoms with Crippen LogP contribution in [-0.2, 0) is 0 Å². The van der Waals surface area contributed by atoms with Crippen LogP contribution in [0.4, 0.5) is 0 Å². The third kappa shape index (κ3) is 1.98. The second kappa shape index (κ2) is 4.53. The van der Waals surface area contributed by atoms with Gasteiger partial charge in [0, 0.05) is 23.1 Å². The molecule has 3 rings (SSSR count). The average molecular weight is 228 g/mol. The number of rotatable bonds is 2. The highest BCUT2D eigenvalue weighted by Gasteiger charge is 2.23. The number of benzene rings is 1. The summed E-state index contributed by atoms with van der Waals surface area (Å²) in [6.45, 7) is 0. The molecule has 1 saturated carbocycles. The highest BCUT2D eigenvalue weighted by atomic mass is 14.7. The van der Waals surface area contributed by atoms with Gasteiger partial charge in [-0.25, -0.2) is 0 Å². The lowest BCUT2D eigenvalue weighted by atomic mass is 9.81. The molecule has 1 heterocycles. The van der Waals surface area contributed by atoms with Gasteiger partial charge in [0.15, 0.2) is 0 Å². The molecule has 90 valence electrons. The Balaban J connectivity index is 1.94. The average Bonchev–Trinajstić information content (AvgIpc) is 2.87. The predicted molar refractivity (Wildman–Crippen MR) is 71.8 cm³/mol. The molecule has 1 fully saturated rings. The molecule has 0 saturated heterocycles. The van der Waals surface area contributed by atoms with Gasteiger partial charge in [-0.2, -0.15) is 0 Å². The van der Waals surface area contributed by atoms with Crippen LogP contribution in [0.5, 0.6) is 0 Å². The number of H-pyrrole nitrogens is 1. The Kier molecular flexibility index (Phi) is 2.89. The third-order valence-electron chi connectivity index (χ3n) is 4.15. The SMILES string of the molecule is N[C@@H](c1cccc2[nH]ccc12)C1CCCCC1. The second-order valence-corrected chi connectivity index (χ2v) is 5.21. The van der Waals surface area contributed by atoms with Crippen molar-refractivity contribution in [2.45, 2.75) is 38.1 Å². The molecule has 3 N–H and O–H groups in total. The maximum absolute atomic E-state index is 6.48. The summed E-state index contributed by atoms with van der Waals surface area (Å²) in [7, 11) is 0. The van der Waals surface area contributed by atoms with Gasteiger partial charge in [0.2, 0.25) is 0 Å². The summed E-state index contributed by atoms with van der Waals surface area (Å²) in [5.41, 5.74) is 9.00. The van der Waals surface area contributed by atoms with E-state index >= 15 is 0 Å². The Morgan fingerprint density at radius 3 is 2.76 bits per heavy atom. The molecule has 0 amide bonds. The van der Waals surface area contributed by atoms with E-state index in [0.29, 0.717) is 5.92 Å². The molecule has 0 aliphatic heterocycles. The minimum atomic E-state index is 0.204. The van der Waals surface area contributed by atoms with Crippen LogP contribution in [0.15, 0.2) is 30.5 Å². The van der Waals surface area contributed by atoms with Gasteiger partial charge in [-0.1, -0.05) is 31.4 Å². The summed E-state index contributed by atoms with van der Waals surface area (Å²) in [6, 6.07) is 8.77. The first-order chi connectivity index (χ1) is 8.36. The number of aromatic nitrogens is 1. The van der Waals surface area contributed by atoms with Gasteiger partial charge in [-0.15, -0.1) is 0 Å². The van der Waals surface area contributed by atoms with Crippen molar-refractivity contribution in [3.63, 3.8) is 0 Å². The zero-order chi connectivity index (χ0) is 11.7. The number of hydrogen-bond donors (Lipinski definition) is 2. The summed E-state index contributed by atoms with van der Waals surface area (Å²) in [5, 5.41) is 1.30. The molecule has 1 aromatic heterocycles. The van der Waals surface area contributed by atoms with Crippen molar-refractivity contribution in [2.24, 2.45) is 11.7 Å². The Hall–Kier alpha value is -1.28. The summed E-state index contributed by atoms with van der Waals surface area (Å²) < 4.78 is 0. The number of fused-ring (bicyclic) bond motifs is 1. The highest BCUT2D eigenvalue weighted by Crippen LogP contribution is 2.35. The van der Waals surface area contributed by atoms with Crippen LogP contribution in [0.25, 0.3) is 10.9 Å². The van der Waals surface area contributed by atoms with Gasteiger partial charge in [-0.05, 0) is 36.5 Å². The number of nitrogens with one attached hydrogen (secondary N) is 1. The summed E-state index contributed by atoms with van der Waals surface area (Å²) >= 11 is 0. The molecule has 0 radical (unpaired) electrons. The molecule has 2 aromatic rings. The lowest BCUT2D eigenvalue weighted by Gasteiger charge is -2.28. The van der Waals surface area contributed by atoms with Crippen LogP contribution in [0.3, 0.4) is 0 Å². The minimum absolute atomic E-state index is 0.204. The van der Waals surface area contributed by atoms with Crippen molar-refractivity contribution >= 4 is 10.9 Å². The summed E-state index contributed by atoms with van der Waals surface area (Å²) in [4.78, 5) is 3.26. The number of nitrogens with two attached hydrogens (primary N) is 1. The Labute approximate surface area is 102 Å². The quantitative estimate of drug-likeness (QED) is 0.807. The first kappa shape index (κ1) is 10.8. The monoisotopic (exact) mass is 228 g/mol. The summed E-state index contributed by atoms with van der Waals surface area (Å²) in [5.74, 6) is 0.671. The van der Waals surface area contributed by atoms with Gasteiger partial charge in [0.25, 0.3) is 0 Å². The van der Waals surface area contributed by atoms with E-state index in [-0.39, 0.29) is 6.04 Å². The highest BCUT2D eigenvalue weighted by molar-refractivity contribution is 5.83. The van der Waals surface area contributed by atoms with E-state index in [4.69, 9.17) is 5.73 Å². The van der Waals surface area contributed by atoms with Crippen molar-refractivity contribution in [2.75, 3.05) is 0 Å². The Bertz CT molecular complexity index is 494. The van der Waals surface area contributed by atoms with E-state index in [0.717, 1.165) is 0 Å². The smallest absolute Gasteiger partial charge is 0.0457 e. The van der Waals surface area contributed by atoms with Gasteiger partial charge < -0.3 is 10.7 Å². The second-order valence-electron chi connectivity index (χ2n) is 5.21. The Morgan fingerprint density at radius 1 is 1.12 bits per heavy atom. The first-order valence-electron chi connectivity index (χ1n) is 6.68. The minimum Gasteiger partial charge on any atom is -0.361 e. The molecule has 1 atom stereocenters. The van der Waals surface area contributed by atoms with E-state index in [1.165, 1.54) is 48.6 Å². The lowest BCUT2D eigenvalue weighted by Crippen LogP contribution is -2.23. The van der Waals surface area contributed by atoms with Crippen molar-refractivity contribution < 1.29 is 0 Å². The number of hydrogen-bond acceptors (Lipinski definition) is 1. The fourth-order valence-corrected chi connectivity index (χ4v) is 3.15. The van der Waals surface area contributed by atoms with E-state index in [2.05, 4.69) is 29.2 Å². The summed E-state index contributed by atoms with van der Waals surface area (Å²) in [6.07, 6.45) is 8.67. The maximum Gasteiger partial charge on any atom is 0.0457 e. The normalized spacial score (nSPS) is 19.6. The van der Waals surface area contributed by atoms with Crippen molar-refractivity contribution in [3.05, 3.63) is 36.0 Å². The first-order valence-corrected chi connectivity index (χ1v) is 6.68. The molecule has 1 aromatic carbocycles. The molecule has 0 bridgehead atoms. The van der Waals surface area contributed by atoms with Gasteiger partial charge >= 0.3 is 0 Å². The molecule has 1 aliphatic rings. The van der Waals surface area contributed by atoms with E-state index in [9.17, 15) is 0 Å². The van der Waals surface area contributed by atoms with E-state index in [1.54, 1.807) is 0 Å². The van der Waals surface area contributed by atoms with Gasteiger partial charge in [0.05, 0.1) is 0 Å². The lowest BCUT2D eigenvalue weighted by molar-refractivity contribution is 0.309. The Morgan fingerprint density at radius 2 is 1.94 bits per heavy atom. The van der Waals surface area contributed by atoms with Crippen LogP contribution in [0.2, 0.25) is 0 Å². The van der Waals surface area contributed by atoms with Crippen molar-refractivity contribution in [3.8, 4) is 0 Å². The van der Waals surface area contributed by atoms with E-state index < -0.39 is 0 Å². The van der Waals surface area contributed by atoms with Crippen molar-refractivity contribution in [1.29, 1.82) is 0 Å². The topological polar surface area (TPSA) is 41.8 Å². The van der Waals surface area contributed by atoms with Gasteiger partial charge in [-0.3, -0.25) is 0 Å². The molecule has 0 spiro atoms. The molecule has 2 nitrogen and oxygen atoms in total. The molecule has 1 aliphatic carbocycles. The van der Waals surface area contributed by atoms with Crippen molar-refractivity contribution in [1.82, 2.24) is 4.98 Å². The van der Waals surface area contributed by atoms with Crippen LogP contribution in [0, 0.1) is 5.92 Å². The molecular formula is C15H20N2. The predicted octanol–water partition coefficient (Wildman–Crippen LogP) is 3.75. The molecular weight excluding hydrogens is 208 g/mol. The number of aromatic amines is 1.